The molecule has 0 amide bonds. The predicted molar refractivity (Wildman–Crippen MR) is 81.7 cm³/mol. The van der Waals surface area contributed by atoms with Crippen LogP contribution in [0.2, 0.25) is 0 Å². The van der Waals surface area contributed by atoms with E-state index in [1.807, 2.05) is 23.9 Å². The quantitative estimate of drug-likeness (QED) is 0.729. The summed E-state index contributed by atoms with van der Waals surface area (Å²) in [5, 5.41) is 3.67. The summed E-state index contributed by atoms with van der Waals surface area (Å²) in [5.74, 6) is 1.82. The molecular weight excluding hydrogens is 271 g/mol. The molecule has 0 aliphatic carbocycles. The molecule has 0 bridgehead atoms. The first-order valence-electron chi connectivity index (χ1n) is 6.53. The second-order valence-corrected chi connectivity index (χ2v) is 5.74. The molecule has 2 aromatic carbocycles. The molecule has 104 valence electrons. The van der Waals surface area contributed by atoms with E-state index in [0.717, 1.165) is 22.6 Å². The summed E-state index contributed by atoms with van der Waals surface area (Å²) in [6.07, 6.45) is 0. The molecule has 0 fully saturated rings. The summed E-state index contributed by atoms with van der Waals surface area (Å²) >= 11 is 1.88. The molecule has 0 heterocycles. The Balaban J connectivity index is 2.19. The van der Waals surface area contributed by atoms with E-state index in [9.17, 15) is 4.39 Å². The molecule has 2 aromatic rings. The van der Waals surface area contributed by atoms with E-state index in [0.29, 0.717) is 0 Å². The van der Waals surface area contributed by atoms with Gasteiger partial charge in [-0.15, -0.1) is 0 Å². The van der Waals surface area contributed by atoms with Crippen molar-refractivity contribution in [2.24, 2.45) is 5.11 Å². The van der Waals surface area contributed by atoms with Crippen molar-refractivity contribution in [3.05, 3.63) is 71.0 Å². The van der Waals surface area contributed by atoms with Crippen LogP contribution in [-0.2, 0) is 5.75 Å². The van der Waals surface area contributed by atoms with Crippen LogP contribution in [0.3, 0.4) is 0 Å². The van der Waals surface area contributed by atoms with Crippen molar-refractivity contribution in [3.8, 4) is 0 Å². The number of nitrogens with one attached hydrogen (secondary N) is 1. The second kappa shape index (κ2) is 7.20. The first-order valence-corrected chi connectivity index (χ1v) is 7.68. The minimum Gasteiger partial charge on any atom is -0.209 e. The monoisotopic (exact) mass is 288 g/mol. The molecule has 1 N–H and O–H groups in total. The zero-order valence-corrected chi connectivity index (χ0v) is 12.2. The minimum absolute atomic E-state index is 0.274. The van der Waals surface area contributed by atoms with Crippen LogP contribution >= 0.6 is 11.8 Å². The molecular formula is C16H17FN2S. The Hall–Kier alpha value is -1.68. The number of nitrogens with zero attached hydrogens (tertiary/aromatic N) is 1. The molecule has 0 radical (unpaired) electrons. The summed E-state index contributed by atoms with van der Waals surface area (Å²) < 4.78 is 12.9. The van der Waals surface area contributed by atoms with Gasteiger partial charge in [0.25, 0.3) is 0 Å². The molecule has 20 heavy (non-hydrogen) atoms. The van der Waals surface area contributed by atoms with Crippen LogP contribution in [0.25, 0.3) is 0 Å². The van der Waals surface area contributed by atoms with Crippen LogP contribution in [-0.4, -0.2) is 5.75 Å². The summed E-state index contributed by atoms with van der Waals surface area (Å²) in [7, 11) is 0. The zero-order chi connectivity index (χ0) is 14.4. The van der Waals surface area contributed by atoms with Gasteiger partial charge in [0, 0.05) is 5.75 Å². The molecule has 1 unspecified atom stereocenters. The Labute approximate surface area is 122 Å². The lowest BCUT2D eigenvalue weighted by Gasteiger charge is -2.12. The zero-order valence-electron chi connectivity index (χ0n) is 11.3. The number of halogens is 1. The van der Waals surface area contributed by atoms with Crippen molar-refractivity contribution in [1.82, 2.24) is 0 Å². The second-order valence-electron chi connectivity index (χ2n) is 4.46. The van der Waals surface area contributed by atoms with Gasteiger partial charge in [-0.25, -0.2) is 9.92 Å². The summed E-state index contributed by atoms with van der Waals surface area (Å²) in [6, 6.07) is 13.9. The van der Waals surface area contributed by atoms with Gasteiger partial charge in [0.2, 0.25) is 0 Å². The first kappa shape index (κ1) is 14.7. The van der Waals surface area contributed by atoms with Crippen LogP contribution in [0.5, 0.6) is 0 Å². The van der Waals surface area contributed by atoms with Gasteiger partial charge < -0.3 is 0 Å². The average Bonchev–Trinajstić information content (AvgIpc) is 2.49. The molecule has 1 atom stereocenters. The summed E-state index contributed by atoms with van der Waals surface area (Å²) in [4.78, 5) is 0. The maximum atomic E-state index is 12.9. The molecule has 0 saturated carbocycles. The largest absolute Gasteiger partial charge is 0.209 e. The van der Waals surface area contributed by atoms with Gasteiger partial charge in [-0.3, -0.25) is 0 Å². The highest BCUT2D eigenvalue weighted by Gasteiger charge is 2.12. The Kier molecular flexibility index (Phi) is 5.30. The van der Waals surface area contributed by atoms with Crippen LogP contribution in [0, 0.1) is 11.3 Å². The molecule has 0 aliphatic heterocycles. The molecule has 2 nitrogen and oxygen atoms in total. The number of thioether (sulfide) groups is 1. The van der Waals surface area contributed by atoms with E-state index < -0.39 is 0 Å². The third-order valence-electron chi connectivity index (χ3n) is 3.08. The maximum absolute atomic E-state index is 12.9. The SMILES string of the molecule is CCSCc1ccc(C(N=N)c2ccc(F)cc2)cc1. The summed E-state index contributed by atoms with van der Waals surface area (Å²) in [5.41, 5.74) is 10.4. The fraction of sp³-hybridized carbons (Fsp3) is 0.250. The third kappa shape index (κ3) is 3.67. The molecule has 4 heteroatoms. The van der Waals surface area contributed by atoms with Gasteiger partial charge >= 0.3 is 0 Å². The van der Waals surface area contributed by atoms with Crippen molar-refractivity contribution >= 4 is 11.8 Å². The minimum atomic E-state index is -0.358. The number of benzene rings is 2. The van der Waals surface area contributed by atoms with Gasteiger partial charge in [-0.2, -0.15) is 16.9 Å². The molecule has 0 aromatic heterocycles. The average molecular weight is 288 g/mol. The van der Waals surface area contributed by atoms with Crippen molar-refractivity contribution in [2.45, 2.75) is 18.7 Å². The fourth-order valence-electron chi connectivity index (χ4n) is 2.00. The Morgan fingerprint density at radius 1 is 1.05 bits per heavy atom. The topological polar surface area (TPSA) is 36.2 Å². The van der Waals surface area contributed by atoms with E-state index in [-0.39, 0.29) is 11.9 Å². The lowest BCUT2D eigenvalue weighted by molar-refractivity contribution is 0.625. The Bertz CT molecular complexity index is 552. The van der Waals surface area contributed by atoms with E-state index in [4.69, 9.17) is 5.53 Å². The Morgan fingerprint density at radius 2 is 1.60 bits per heavy atom. The normalized spacial score (nSPS) is 12.1. The maximum Gasteiger partial charge on any atom is 0.123 e. The summed E-state index contributed by atoms with van der Waals surface area (Å²) in [6.45, 7) is 2.14. The standard InChI is InChI=1S/C16H17FN2S/c1-2-20-11-12-3-5-13(6-4-12)16(19-18)14-7-9-15(17)10-8-14/h3-10,16,18H,2,11H2,1H3. The van der Waals surface area contributed by atoms with Gasteiger partial charge in [-0.1, -0.05) is 43.3 Å². The third-order valence-corrected chi connectivity index (χ3v) is 4.03. The van der Waals surface area contributed by atoms with Gasteiger partial charge in [0.05, 0.1) is 0 Å². The molecule has 2 rings (SSSR count). The highest BCUT2D eigenvalue weighted by Crippen LogP contribution is 2.26. The van der Waals surface area contributed by atoms with Crippen LogP contribution < -0.4 is 0 Å². The first-order chi connectivity index (χ1) is 9.74. The van der Waals surface area contributed by atoms with E-state index >= 15 is 0 Å². The highest BCUT2D eigenvalue weighted by atomic mass is 32.2. The molecule has 0 saturated heterocycles. The van der Waals surface area contributed by atoms with Crippen molar-refractivity contribution in [2.75, 3.05) is 5.75 Å². The predicted octanol–water partition coefficient (Wildman–Crippen LogP) is 5.20. The number of hydrogen-bond acceptors (Lipinski definition) is 3. The highest BCUT2D eigenvalue weighted by molar-refractivity contribution is 7.98. The van der Waals surface area contributed by atoms with E-state index in [1.54, 1.807) is 12.1 Å². The van der Waals surface area contributed by atoms with E-state index in [2.05, 4.69) is 24.2 Å². The molecule has 0 spiro atoms. The van der Waals surface area contributed by atoms with Gasteiger partial charge in [-0.05, 0) is 34.6 Å². The van der Waals surface area contributed by atoms with Crippen molar-refractivity contribution < 1.29 is 4.39 Å². The van der Waals surface area contributed by atoms with Crippen molar-refractivity contribution in [1.29, 1.82) is 5.53 Å². The molecule has 0 aliphatic rings. The van der Waals surface area contributed by atoms with Crippen LogP contribution in [0.15, 0.2) is 53.6 Å². The van der Waals surface area contributed by atoms with Gasteiger partial charge in [0.15, 0.2) is 0 Å². The van der Waals surface area contributed by atoms with Crippen molar-refractivity contribution in [3.63, 3.8) is 0 Å². The lowest BCUT2D eigenvalue weighted by Crippen LogP contribution is -1.97. The fourth-order valence-corrected chi connectivity index (χ4v) is 2.63. The number of hydrogen-bond donors (Lipinski definition) is 1. The van der Waals surface area contributed by atoms with Crippen LogP contribution in [0.1, 0.15) is 29.7 Å². The van der Waals surface area contributed by atoms with Crippen LogP contribution in [0.4, 0.5) is 4.39 Å². The Morgan fingerprint density at radius 3 is 2.10 bits per heavy atom. The lowest BCUT2D eigenvalue weighted by atomic mass is 9.99. The van der Waals surface area contributed by atoms with Gasteiger partial charge in [0.1, 0.15) is 11.9 Å². The smallest absolute Gasteiger partial charge is 0.123 e. The number of rotatable bonds is 6. The van der Waals surface area contributed by atoms with E-state index in [1.165, 1.54) is 17.7 Å².